The maximum atomic E-state index is 12.3. The minimum absolute atomic E-state index is 0.179. The van der Waals surface area contributed by atoms with Gasteiger partial charge in [-0.3, -0.25) is 9.78 Å². The van der Waals surface area contributed by atoms with Crippen LogP contribution in [0.2, 0.25) is 0 Å². The molecule has 0 aliphatic rings. The maximum Gasteiger partial charge on any atom is 0.250 e. The van der Waals surface area contributed by atoms with Crippen molar-refractivity contribution in [1.82, 2.24) is 20.0 Å². The van der Waals surface area contributed by atoms with E-state index >= 15 is 0 Å². The third-order valence-electron chi connectivity index (χ3n) is 4.56. The van der Waals surface area contributed by atoms with E-state index in [0.717, 1.165) is 21.8 Å². The zero-order valence-electron chi connectivity index (χ0n) is 16.5. The predicted octanol–water partition coefficient (Wildman–Crippen LogP) is 4.11. The number of fused-ring (bicyclic) bond motifs is 1. The van der Waals surface area contributed by atoms with Gasteiger partial charge in [0.1, 0.15) is 0 Å². The molecule has 6 nitrogen and oxygen atoms in total. The molecule has 2 aromatic carbocycles. The van der Waals surface area contributed by atoms with Gasteiger partial charge < -0.3 is 4.57 Å². The first-order chi connectivity index (χ1) is 14.7. The fourth-order valence-corrected chi connectivity index (χ4v) is 3.84. The van der Waals surface area contributed by atoms with Crippen LogP contribution in [0.5, 0.6) is 0 Å². The molecule has 0 spiro atoms. The second kappa shape index (κ2) is 9.37. The fraction of sp³-hybridized carbons (Fsp3) is 0.130. The van der Waals surface area contributed by atoms with E-state index in [1.165, 1.54) is 17.3 Å². The second-order valence-corrected chi connectivity index (χ2v) is 7.66. The van der Waals surface area contributed by atoms with Crippen LogP contribution >= 0.6 is 11.8 Å². The average molecular weight is 416 g/mol. The van der Waals surface area contributed by atoms with E-state index in [1.807, 2.05) is 55.5 Å². The lowest BCUT2D eigenvalue weighted by atomic mass is 10.2. The minimum atomic E-state index is -0.179. The second-order valence-electron chi connectivity index (χ2n) is 6.72. The molecular formula is C23H21N5OS. The average Bonchev–Trinajstić information content (AvgIpc) is 3.14. The number of carbonyl (C=O) groups is 1. The van der Waals surface area contributed by atoms with Crippen LogP contribution in [0.1, 0.15) is 18.1 Å². The van der Waals surface area contributed by atoms with Crippen LogP contribution < -0.4 is 5.43 Å². The molecule has 150 valence electrons. The van der Waals surface area contributed by atoms with Crippen molar-refractivity contribution in [2.45, 2.75) is 18.6 Å². The van der Waals surface area contributed by atoms with Crippen LogP contribution in [0.3, 0.4) is 0 Å². The summed E-state index contributed by atoms with van der Waals surface area (Å²) in [5, 5.41) is 4.98. The predicted molar refractivity (Wildman–Crippen MR) is 121 cm³/mol. The number of rotatable bonds is 7. The number of imidazole rings is 1. The lowest BCUT2D eigenvalue weighted by Crippen LogP contribution is -2.21. The lowest BCUT2D eigenvalue weighted by molar-refractivity contribution is -0.118. The Morgan fingerprint density at radius 2 is 1.87 bits per heavy atom. The van der Waals surface area contributed by atoms with Gasteiger partial charge in [0.2, 0.25) is 0 Å². The van der Waals surface area contributed by atoms with E-state index in [1.54, 1.807) is 12.4 Å². The number of nitrogens with one attached hydrogen (secondary N) is 1. The van der Waals surface area contributed by atoms with Crippen LogP contribution in [0, 0.1) is 0 Å². The Hall–Kier alpha value is -3.45. The monoisotopic (exact) mass is 415 g/mol. The highest BCUT2D eigenvalue weighted by molar-refractivity contribution is 7.99. The Balaban J connectivity index is 1.47. The number of nitrogens with zero attached hydrogens (tertiary/aromatic N) is 4. The highest BCUT2D eigenvalue weighted by Crippen LogP contribution is 2.25. The molecule has 0 saturated heterocycles. The van der Waals surface area contributed by atoms with E-state index in [-0.39, 0.29) is 11.7 Å². The van der Waals surface area contributed by atoms with Crippen LogP contribution in [-0.4, -0.2) is 31.9 Å². The van der Waals surface area contributed by atoms with Gasteiger partial charge >= 0.3 is 0 Å². The minimum Gasteiger partial charge on any atom is -0.314 e. The molecule has 0 aliphatic heterocycles. The van der Waals surface area contributed by atoms with Crippen molar-refractivity contribution < 1.29 is 4.79 Å². The molecule has 1 amide bonds. The van der Waals surface area contributed by atoms with Crippen LogP contribution in [0.15, 0.2) is 89.4 Å². The van der Waals surface area contributed by atoms with Gasteiger partial charge in [-0.05, 0) is 30.7 Å². The van der Waals surface area contributed by atoms with E-state index in [2.05, 4.69) is 38.3 Å². The maximum absolute atomic E-state index is 12.3. The van der Waals surface area contributed by atoms with E-state index in [0.29, 0.717) is 12.3 Å². The van der Waals surface area contributed by atoms with Crippen molar-refractivity contribution in [2.24, 2.45) is 5.10 Å². The van der Waals surface area contributed by atoms with E-state index in [4.69, 9.17) is 4.98 Å². The molecule has 0 radical (unpaired) electrons. The van der Waals surface area contributed by atoms with Gasteiger partial charge in [-0.15, -0.1) is 0 Å². The summed E-state index contributed by atoms with van der Waals surface area (Å²) in [6.45, 7) is 2.54. The first-order valence-electron chi connectivity index (χ1n) is 9.56. The van der Waals surface area contributed by atoms with Gasteiger partial charge in [0.05, 0.1) is 29.0 Å². The standard InChI is InChI=1S/C23H21N5OS/c1-17(19-10-7-13-24-14-19)26-27-22(29)16-30-23-25-20-11-5-6-12-21(20)28(23)15-18-8-3-2-4-9-18/h2-14H,15-16H2,1H3,(H,27,29)/b26-17+. The number of pyridine rings is 1. The van der Waals surface area contributed by atoms with Crippen molar-refractivity contribution >= 4 is 34.4 Å². The Labute approximate surface area is 179 Å². The van der Waals surface area contributed by atoms with Crippen LogP contribution in [-0.2, 0) is 11.3 Å². The molecule has 2 aromatic heterocycles. The highest BCUT2D eigenvalue weighted by Gasteiger charge is 2.13. The molecule has 2 heterocycles. The summed E-state index contributed by atoms with van der Waals surface area (Å²) < 4.78 is 2.15. The third kappa shape index (κ3) is 4.75. The SMILES string of the molecule is C/C(=N\NC(=O)CSc1nc2ccccc2n1Cc1ccccc1)c1cccnc1. The van der Waals surface area contributed by atoms with Crippen molar-refractivity contribution in [2.75, 3.05) is 5.75 Å². The Bertz CT molecular complexity index is 1170. The quantitative estimate of drug-likeness (QED) is 0.280. The summed E-state index contributed by atoms with van der Waals surface area (Å²) in [6.07, 6.45) is 3.42. The first kappa shape index (κ1) is 19.8. The molecule has 4 rings (SSSR count). The summed E-state index contributed by atoms with van der Waals surface area (Å²) in [4.78, 5) is 21.1. The van der Waals surface area contributed by atoms with Gasteiger partial charge in [-0.1, -0.05) is 60.3 Å². The summed E-state index contributed by atoms with van der Waals surface area (Å²) >= 11 is 1.41. The molecule has 0 unspecified atom stereocenters. The molecule has 0 aliphatic carbocycles. The van der Waals surface area contributed by atoms with Crippen LogP contribution in [0.4, 0.5) is 0 Å². The van der Waals surface area contributed by atoms with Crippen molar-refractivity contribution in [3.8, 4) is 0 Å². The number of aromatic nitrogens is 3. The first-order valence-corrected chi connectivity index (χ1v) is 10.5. The third-order valence-corrected chi connectivity index (χ3v) is 5.54. The molecule has 7 heteroatoms. The number of benzene rings is 2. The Kier molecular flexibility index (Phi) is 6.20. The molecule has 0 saturated carbocycles. The molecule has 1 N–H and O–H groups in total. The molecule has 0 atom stereocenters. The number of hydrogen-bond donors (Lipinski definition) is 1. The number of amides is 1. The summed E-state index contributed by atoms with van der Waals surface area (Å²) in [5.41, 5.74) is 7.35. The number of hydrogen-bond acceptors (Lipinski definition) is 5. The number of hydrazone groups is 1. The molecule has 30 heavy (non-hydrogen) atoms. The Morgan fingerprint density at radius 3 is 2.67 bits per heavy atom. The van der Waals surface area contributed by atoms with Gasteiger partial charge in [0, 0.05) is 18.0 Å². The van der Waals surface area contributed by atoms with Crippen molar-refractivity contribution in [3.63, 3.8) is 0 Å². The zero-order valence-corrected chi connectivity index (χ0v) is 17.3. The summed E-state index contributed by atoms with van der Waals surface area (Å²) in [6, 6.07) is 22.0. The number of thioether (sulfide) groups is 1. The highest BCUT2D eigenvalue weighted by atomic mass is 32.2. The van der Waals surface area contributed by atoms with Crippen LogP contribution in [0.25, 0.3) is 11.0 Å². The molecule has 0 bridgehead atoms. The smallest absolute Gasteiger partial charge is 0.250 e. The summed E-state index contributed by atoms with van der Waals surface area (Å²) in [5.74, 6) is 0.0450. The van der Waals surface area contributed by atoms with Gasteiger partial charge in [0.25, 0.3) is 5.91 Å². The van der Waals surface area contributed by atoms with Gasteiger partial charge in [-0.2, -0.15) is 5.10 Å². The molecule has 0 fully saturated rings. The molecule has 4 aromatic rings. The van der Waals surface area contributed by atoms with Gasteiger partial charge in [0.15, 0.2) is 5.16 Å². The lowest BCUT2D eigenvalue weighted by Gasteiger charge is -2.09. The molecular weight excluding hydrogens is 394 g/mol. The van der Waals surface area contributed by atoms with Crippen molar-refractivity contribution in [3.05, 3.63) is 90.3 Å². The van der Waals surface area contributed by atoms with E-state index < -0.39 is 0 Å². The van der Waals surface area contributed by atoms with E-state index in [9.17, 15) is 4.79 Å². The normalized spacial score (nSPS) is 11.6. The summed E-state index contributed by atoms with van der Waals surface area (Å²) in [7, 11) is 0. The fourth-order valence-electron chi connectivity index (χ4n) is 3.03. The van der Waals surface area contributed by atoms with Gasteiger partial charge in [-0.25, -0.2) is 10.4 Å². The zero-order chi connectivity index (χ0) is 20.8. The Morgan fingerprint density at radius 1 is 1.07 bits per heavy atom. The topological polar surface area (TPSA) is 72.2 Å². The number of carbonyl (C=O) groups excluding carboxylic acids is 1. The number of para-hydroxylation sites is 2. The largest absolute Gasteiger partial charge is 0.314 e. The van der Waals surface area contributed by atoms with Crippen molar-refractivity contribution in [1.29, 1.82) is 0 Å².